The highest BCUT2D eigenvalue weighted by molar-refractivity contribution is 5.88. The summed E-state index contributed by atoms with van der Waals surface area (Å²) in [5, 5.41) is 23.9. The molecule has 7 heteroatoms. The number of hydrogen-bond donors (Lipinski definition) is 2. The summed E-state index contributed by atoms with van der Waals surface area (Å²) in [6.45, 7) is 0.130. The lowest BCUT2D eigenvalue weighted by Gasteiger charge is -2.62. The Labute approximate surface area is 194 Å². The molecule has 2 amide bonds. The molecule has 1 aromatic carbocycles. The van der Waals surface area contributed by atoms with Crippen molar-refractivity contribution in [2.45, 2.75) is 81.7 Å². The first kappa shape index (κ1) is 21.0. The van der Waals surface area contributed by atoms with Crippen molar-refractivity contribution in [3.05, 3.63) is 35.9 Å². The van der Waals surface area contributed by atoms with Crippen molar-refractivity contribution in [3.8, 4) is 6.07 Å². The number of nitriles is 1. The van der Waals surface area contributed by atoms with Crippen molar-refractivity contribution < 1.29 is 19.4 Å². The van der Waals surface area contributed by atoms with E-state index in [1.54, 1.807) is 4.90 Å². The van der Waals surface area contributed by atoms with Crippen LogP contribution in [0.15, 0.2) is 30.3 Å². The number of nitrogens with one attached hydrogen (secondary N) is 1. The van der Waals surface area contributed by atoms with Gasteiger partial charge in [0.05, 0.1) is 11.7 Å². The Morgan fingerprint density at radius 3 is 2.55 bits per heavy atom. The summed E-state index contributed by atoms with van der Waals surface area (Å²) in [4.78, 5) is 28.7. The average molecular weight is 450 g/mol. The van der Waals surface area contributed by atoms with Gasteiger partial charge >= 0.3 is 6.09 Å². The Bertz CT molecular complexity index is 991. The second-order valence-corrected chi connectivity index (χ2v) is 11.4. The second-order valence-electron chi connectivity index (χ2n) is 11.4. The number of amides is 2. The van der Waals surface area contributed by atoms with Gasteiger partial charge in [0.25, 0.3) is 0 Å². The fraction of sp³-hybridized carbons (Fsp3) is 0.654. The lowest BCUT2D eigenvalue weighted by atomic mass is 9.46. The summed E-state index contributed by atoms with van der Waals surface area (Å²) in [6.07, 6.45) is 5.93. The molecule has 4 bridgehead atoms. The van der Waals surface area contributed by atoms with Gasteiger partial charge in [-0.1, -0.05) is 30.3 Å². The van der Waals surface area contributed by atoms with Crippen LogP contribution in [0.4, 0.5) is 4.79 Å². The number of fused-ring (bicyclic) bond motifs is 1. The molecule has 5 aliphatic carbocycles. The van der Waals surface area contributed by atoms with Crippen LogP contribution < -0.4 is 5.32 Å². The predicted octanol–water partition coefficient (Wildman–Crippen LogP) is 3.13. The van der Waals surface area contributed by atoms with Gasteiger partial charge in [-0.3, -0.25) is 4.79 Å². The number of piperidine rings is 1. The minimum atomic E-state index is -0.770. The molecule has 6 fully saturated rings. The van der Waals surface area contributed by atoms with Gasteiger partial charge in [-0.05, 0) is 74.7 Å². The summed E-state index contributed by atoms with van der Waals surface area (Å²) in [6, 6.07) is 10.7. The first-order valence-electron chi connectivity index (χ1n) is 12.3. The summed E-state index contributed by atoms with van der Waals surface area (Å²) < 4.78 is 5.50. The minimum absolute atomic E-state index is 0.115. The number of ether oxygens (including phenoxy) is 1. The first-order valence-corrected chi connectivity index (χ1v) is 12.3. The Balaban J connectivity index is 1.27. The zero-order valence-corrected chi connectivity index (χ0v) is 18.8. The van der Waals surface area contributed by atoms with Crippen LogP contribution >= 0.6 is 0 Å². The van der Waals surface area contributed by atoms with Gasteiger partial charge in [0, 0.05) is 11.5 Å². The molecule has 1 saturated heterocycles. The maximum atomic E-state index is 14.0. The van der Waals surface area contributed by atoms with E-state index in [1.807, 2.05) is 30.3 Å². The van der Waals surface area contributed by atoms with Gasteiger partial charge in [-0.25, -0.2) is 4.79 Å². The number of alkyl carbamates (subject to hydrolysis) is 1. The molecule has 0 radical (unpaired) electrons. The zero-order valence-electron chi connectivity index (χ0n) is 18.8. The fourth-order valence-electron chi connectivity index (χ4n) is 8.02. The number of nitrogens with zero attached hydrogens (tertiary/aromatic N) is 2. The Morgan fingerprint density at radius 1 is 1.15 bits per heavy atom. The Morgan fingerprint density at radius 2 is 1.88 bits per heavy atom. The van der Waals surface area contributed by atoms with Crippen molar-refractivity contribution >= 4 is 12.0 Å². The SMILES string of the molecule is N#C[C@@H]1CC2C[C@@H]2N1C(=O)[C@@H](NC(=O)OCc1ccccc1)C12CC3CC(CC(O)(C3)C1)C2. The maximum Gasteiger partial charge on any atom is 0.408 e. The predicted molar refractivity (Wildman–Crippen MR) is 118 cm³/mol. The number of carbonyl (C=O) groups excluding carboxylic acids is 2. The van der Waals surface area contributed by atoms with Crippen LogP contribution in [0.2, 0.25) is 0 Å². The zero-order chi connectivity index (χ0) is 22.8. The molecule has 33 heavy (non-hydrogen) atoms. The number of benzene rings is 1. The smallest absolute Gasteiger partial charge is 0.408 e. The third kappa shape index (κ3) is 3.59. The van der Waals surface area contributed by atoms with Gasteiger partial charge in [-0.2, -0.15) is 5.26 Å². The Kier molecular flexibility index (Phi) is 4.74. The monoisotopic (exact) mass is 449 g/mol. The molecule has 1 aromatic rings. The molecule has 174 valence electrons. The van der Waals surface area contributed by atoms with Crippen molar-refractivity contribution in [2.24, 2.45) is 23.2 Å². The normalized spacial score (nSPS) is 40.6. The highest BCUT2D eigenvalue weighted by Crippen LogP contribution is 2.63. The molecule has 5 saturated carbocycles. The standard InChI is InChI=1S/C26H31N3O4/c27-13-20-7-19-8-21(19)29(20)23(30)22(28-24(31)33-14-16-4-2-1-3-5-16)25-9-17-6-18(10-25)12-26(32,11-17)15-25/h1-5,17-22,32H,6-12,14-15H2,(H,28,31)/t17?,18?,19?,20-,21-,22+,25?,26?/m0/s1. The quantitative estimate of drug-likeness (QED) is 0.719. The van der Waals surface area contributed by atoms with Crippen molar-refractivity contribution in [3.63, 3.8) is 0 Å². The highest BCUT2D eigenvalue weighted by atomic mass is 16.5. The van der Waals surface area contributed by atoms with Gasteiger partial charge < -0.3 is 20.1 Å². The van der Waals surface area contributed by atoms with Crippen LogP contribution in [0.25, 0.3) is 0 Å². The van der Waals surface area contributed by atoms with Crippen molar-refractivity contribution in [1.82, 2.24) is 10.2 Å². The summed E-state index contributed by atoms with van der Waals surface area (Å²) in [5.41, 5.74) is -0.348. The molecule has 0 spiro atoms. The van der Waals surface area contributed by atoms with E-state index in [9.17, 15) is 20.0 Å². The molecule has 6 atom stereocenters. The van der Waals surface area contributed by atoms with E-state index in [0.717, 1.165) is 50.5 Å². The summed E-state index contributed by atoms with van der Waals surface area (Å²) >= 11 is 0. The van der Waals surface area contributed by atoms with E-state index in [4.69, 9.17) is 4.74 Å². The Hall–Kier alpha value is -2.59. The van der Waals surface area contributed by atoms with E-state index in [1.165, 1.54) is 0 Å². The molecule has 1 heterocycles. The van der Waals surface area contributed by atoms with Crippen LogP contribution in [-0.2, 0) is 16.1 Å². The van der Waals surface area contributed by atoms with Crippen LogP contribution in [0.3, 0.4) is 0 Å². The summed E-state index contributed by atoms with van der Waals surface area (Å²) in [5.74, 6) is 1.01. The number of hydrogen-bond acceptors (Lipinski definition) is 5. The molecule has 7 rings (SSSR count). The summed E-state index contributed by atoms with van der Waals surface area (Å²) in [7, 11) is 0. The maximum absolute atomic E-state index is 14.0. The van der Waals surface area contributed by atoms with Crippen molar-refractivity contribution in [1.29, 1.82) is 5.26 Å². The lowest BCUT2D eigenvalue weighted by Crippen LogP contribution is -2.66. The van der Waals surface area contributed by atoms with E-state index in [2.05, 4.69) is 11.4 Å². The lowest BCUT2D eigenvalue weighted by molar-refractivity contribution is -0.180. The average Bonchev–Trinajstić information content (AvgIpc) is 3.44. The fourth-order valence-corrected chi connectivity index (χ4v) is 8.02. The molecule has 2 N–H and O–H groups in total. The molecule has 7 nitrogen and oxygen atoms in total. The molecular weight excluding hydrogens is 418 g/mol. The number of rotatable bonds is 5. The molecule has 0 aromatic heterocycles. The molecule has 1 aliphatic heterocycles. The van der Waals surface area contributed by atoms with Gasteiger partial charge in [-0.15, -0.1) is 0 Å². The van der Waals surface area contributed by atoms with Crippen LogP contribution in [0.1, 0.15) is 56.9 Å². The van der Waals surface area contributed by atoms with E-state index in [0.29, 0.717) is 24.2 Å². The third-order valence-electron chi connectivity index (χ3n) is 8.92. The number of carbonyl (C=O) groups is 2. The minimum Gasteiger partial charge on any atom is -0.445 e. The molecule has 6 aliphatic rings. The van der Waals surface area contributed by atoms with E-state index in [-0.39, 0.29) is 18.6 Å². The van der Waals surface area contributed by atoms with Gasteiger partial charge in [0.2, 0.25) is 5.91 Å². The first-order chi connectivity index (χ1) is 15.9. The second kappa shape index (κ2) is 7.46. The largest absolute Gasteiger partial charge is 0.445 e. The van der Waals surface area contributed by atoms with Crippen molar-refractivity contribution in [2.75, 3.05) is 0 Å². The van der Waals surface area contributed by atoms with Crippen LogP contribution in [0, 0.1) is 34.5 Å². The van der Waals surface area contributed by atoms with E-state index >= 15 is 0 Å². The number of aliphatic hydroxyl groups is 1. The molecule has 3 unspecified atom stereocenters. The highest BCUT2D eigenvalue weighted by Gasteiger charge is 2.64. The third-order valence-corrected chi connectivity index (χ3v) is 8.92. The van der Waals surface area contributed by atoms with Crippen LogP contribution in [0.5, 0.6) is 0 Å². The van der Waals surface area contributed by atoms with E-state index < -0.39 is 29.2 Å². The van der Waals surface area contributed by atoms with Gasteiger partial charge in [0.1, 0.15) is 18.7 Å². The number of likely N-dealkylation sites (tertiary alicyclic amines) is 1. The van der Waals surface area contributed by atoms with Gasteiger partial charge in [0.15, 0.2) is 0 Å². The van der Waals surface area contributed by atoms with Crippen LogP contribution in [-0.4, -0.2) is 45.7 Å². The topological polar surface area (TPSA) is 103 Å². The molecular formula is C26H31N3O4.